The fourth-order valence-electron chi connectivity index (χ4n) is 2.89. The zero-order valence-corrected chi connectivity index (χ0v) is 12.5. The summed E-state index contributed by atoms with van der Waals surface area (Å²) in [7, 11) is 0. The van der Waals surface area contributed by atoms with Crippen molar-refractivity contribution in [2.24, 2.45) is 11.3 Å². The third kappa shape index (κ3) is 4.60. The first-order valence-electron chi connectivity index (χ1n) is 7.35. The van der Waals surface area contributed by atoms with Gasteiger partial charge in [-0.05, 0) is 24.2 Å². The number of alkyl halides is 3. The van der Waals surface area contributed by atoms with Crippen molar-refractivity contribution in [3.8, 4) is 0 Å². The molecule has 1 heterocycles. The number of piperazine rings is 1. The predicted molar refractivity (Wildman–Crippen MR) is 71.3 cm³/mol. The Morgan fingerprint density at radius 1 is 1.20 bits per heavy atom. The standard InChI is InChI=1S/C14H25F3N2O/c1-13(2,3)12-9-19(6-7-20-14(15,16)17)11(8-18-12)10-4-5-10/h10-12,18H,4-9H2,1-3H3. The molecule has 6 heteroatoms. The van der Waals surface area contributed by atoms with Crippen molar-refractivity contribution in [2.45, 2.75) is 52.1 Å². The maximum absolute atomic E-state index is 12.1. The summed E-state index contributed by atoms with van der Waals surface area (Å²) in [6.45, 7) is 8.23. The average Bonchev–Trinajstić information content (AvgIpc) is 3.09. The first kappa shape index (κ1) is 16.0. The lowest BCUT2D eigenvalue weighted by Crippen LogP contribution is -2.61. The molecule has 2 unspecified atom stereocenters. The number of ether oxygens (including phenoxy) is 1. The van der Waals surface area contributed by atoms with Crippen LogP contribution in [-0.4, -0.2) is 49.6 Å². The van der Waals surface area contributed by atoms with Gasteiger partial charge in [-0.3, -0.25) is 9.64 Å². The topological polar surface area (TPSA) is 24.5 Å². The van der Waals surface area contributed by atoms with Gasteiger partial charge in [0, 0.05) is 31.7 Å². The molecule has 2 aliphatic rings. The maximum Gasteiger partial charge on any atom is 0.522 e. The van der Waals surface area contributed by atoms with Gasteiger partial charge < -0.3 is 5.32 Å². The number of halogens is 3. The minimum Gasteiger partial charge on any atom is -0.311 e. The Morgan fingerprint density at radius 3 is 2.35 bits per heavy atom. The summed E-state index contributed by atoms with van der Waals surface area (Å²) in [5.74, 6) is 0.648. The number of nitrogens with one attached hydrogen (secondary N) is 1. The van der Waals surface area contributed by atoms with E-state index in [2.05, 4.69) is 35.7 Å². The van der Waals surface area contributed by atoms with E-state index < -0.39 is 6.36 Å². The van der Waals surface area contributed by atoms with Gasteiger partial charge in [0.05, 0.1) is 6.61 Å². The van der Waals surface area contributed by atoms with Crippen LogP contribution in [0.2, 0.25) is 0 Å². The van der Waals surface area contributed by atoms with E-state index in [4.69, 9.17) is 0 Å². The van der Waals surface area contributed by atoms with E-state index in [1.807, 2.05) is 0 Å². The Kier molecular flexibility index (Phi) is 4.66. The SMILES string of the molecule is CC(C)(C)C1CN(CCOC(F)(F)F)C(C2CC2)CN1. The van der Waals surface area contributed by atoms with Gasteiger partial charge >= 0.3 is 6.36 Å². The Hall–Kier alpha value is -0.330. The van der Waals surface area contributed by atoms with E-state index in [1.54, 1.807) is 0 Å². The lowest BCUT2D eigenvalue weighted by Gasteiger charge is -2.45. The molecule has 1 N–H and O–H groups in total. The number of nitrogens with zero attached hydrogens (tertiary/aromatic N) is 1. The highest BCUT2D eigenvalue weighted by molar-refractivity contribution is 4.97. The molecule has 20 heavy (non-hydrogen) atoms. The lowest BCUT2D eigenvalue weighted by molar-refractivity contribution is -0.325. The molecule has 0 aromatic rings. The molecule has 1 saturated heterocycles. The summed E-state index contributed by atoms with van der Waals surface area (Å²) in [4.78, 5) is 2.19. The van der Waals surface area contributed by atoms with E-state index in [0.29, 0.717) is 24.5 Å². The fourth-order valence-corrected chi connectivity index (χ4v) is 2.89. The van der Waals surface area contributed by atoms with Crippen molar-refractivity contribution in [2.75, 3.05) is 26.2 Å². The first-order valence-corrected chi connectivity index (χ1v) is 7.35. The van der Waals surface area contributed by atoms with Crippen LogP contribution >= 0.6 is 0 Å². The van der Waals surface area contributed by atoms with Crippen LogP contribution in [0, 0.1) is 11.3 Å². The zero-order chi connectivity index (χ0) is 15.0. The third-order valence-electron chi connectivity index (χ3n) is 4.32. The minimum absolute atomic E-state index is 0.109. The minimum atomic E-state index is -4.52. The molecule has 2 fully saturated rings. The summed E-state index contributed by atoms with van der Waals surface area (Å²) in [6.07, 6.45) is -2.13. The van der Waals surface area contributed by atoms with Gasteiger partial charge in [0.15, 0.2) is 0 Å². The van der Waals surface area contributed by atoms with Gasteiger partial charge in [0.25, 0.3) is 0 Å². The molecule has 0 radical (unpaired) electrons. The van der Waals surface area contributed by atoms with Gasteiger partial charge in [-0.2, -0.15) is 0 Å². The van der Waals surface area contributed by atoms with Crippen molar-refractivity contribution in [3.05, 3.63) is 0 Å². The van der Waals surface area contributed by atoms with E-state index >= 15 is 0 Å². The van der Waals surface area contributed by atoms with Crippen LogP contribution in [0.1, 0.15) is 33.6 Å². The normalized spacial score (nSPS) is 29.7. The first-order chi connectivity index (χ1) is 9.17. The van der Waals surface area contributed by atoms with Crippen LogP contribution in [-0.2, 0) is 4.74 Å². The highest BCUT2D eigenvalue weighted by Gasteiger charge is 2.41. The van der Waals surface area contributed by atoms with Gasteiger partial charge in [0.1, 0.15) is 0 Å². The molecule has 0 spiro atoms. The second-order valence-electron chi connectivity index (χ2n) is 7.02. The van der Waals surface area contributed by atoms with Crippen LogP contribution in [0.25, 0.3) is 0 Å². The van der Waals surface area contributed by atoms with E-state index in [1.165, 1.54) is 12.8 Å². The third-order valence-corrected chi connectivity index (χ3v) is 4.32. The van der Waals surface area contributed by atoms with Crippen LogP contribution in [0.5, 0.6) is 0 Å². The van der Waals surface area contributed by atoms with Crippen molar-refractivity contribution >= 4 is 0 Å². The Morgan fingerprint density at radius 2 is 1.85 bits per heavy atom. The molecule has 2 rings (SSSR count). The van der Waals surface area contributed by atoms with E-state index in [0.717, 1.165) is 13.1 Å². The molecule has 2 atom stereocenters. The molecule has 0 aromatic carbocycles. The lowest BCUT2D eigenvalue weighted by atomic mass is 9.84. The summed E-state index contributed by atoms with van der Waals surface area (Å²) in [5.41, 5.74) is 0.109. The van der Waals surface area contributed by atoms with Crippen molar-refractivity contribution in [1.29, 1.82) is 0 Å². The molecule has 0 aromatic heterocycles. The quantitative estimate of drug-likeness (QED) is 0.862. The van der Waals surface area contributed by atoms with Gasteiger partial charge in [-0.1, -0.05) is 20.8 Å². The molecule has 1 aliphatic carbocycles. The zero-order valence-electron chi connectivity index (χ0n) is 12.5. The second kappa shape index (κ2) is 5.81. The summed E-state index contributed by atoms with van der Waals surface area (Å²) < 4.78 is 40.2. The Balaban J connectivity index is 1.89. The smallest absolute Gasteiger partial charge is 0.311 e. The summed E-state index contributed by atoms with van der Waals surface area (Å²) in [5, 5.41) is 3.56. The molecule has 118 valence electrons. The number of rotatable bonds is 4. The highest BCUT2D eigenvalue weighted by Crippen LogP contribution is 2.37. The molecule has 0 bridgehead atoms. The Labute approximate surface area is 118 Å². The Bertz CT molecular complexity index is 323. The van der Waals surface area contributed by atoms with E-state index in [9.17, 15) is 13.2 Å². The maximum atomic E-state index is 12.1. The average molecular weight is 294 g/mol. The molecule has 1 aliphatic heterocycles. The second-order valence-corrected chi connectivity index (χ2v) is 7.02. The molecular formula is C14H25F3N2O. The van der Waals surface area contributed by atoms with Crippen molar-refractivity contribution in [1.82, 2.24) is 10.2 Å². The van der Waals surface area contributed by atoms with Crippen LogP contribution in [0.3, 0.4) is 0 Å². The predicted octanol–water partition coefficient (Wildman–Crippen LogP) is 2.62. The number of hydrogen-bond acceptors (Lipinski definition) is 3. The number of hydrogen-bond donors (Lipinski definition) is 1. The van der Waals surface area contributed by atoms with Gasteiger partial charge in [-0.15, -0.1) is 13.2 Å². The summed E-state index contributed by atoms with van der Waals surface area (Å²) in [6, 6.07) is 0.675. The van der Waals surface area contributed by atoms with Crippen molar-refractivity contribution in [3.63, 3.8) is 0 Å². The fraction of sp³-hybridized carbons (Fsp3) is 1.00. The van der Waals surface area contributed by atoms with Gasteiger partial charge in [0.2, 0.25) is 0 Å². The molecular weight excluding hydrogens is 269 g/mol. The summed E-state index contributed by atoms with van der Waals surface area (Å²) >= 11 is 0. The van der Waals surface area contributed by atoms with Crippen LogP contribution in [0.15, 0.2) is 0 Å². The van der Waals surface area contributed by atoms with Crippen LogP contribution in [0.4, 0.5) is 13.2 Å². The molecule has 3 nitrogen and oxygen atoms in total. The van der Waals surface area contributed by atoms with Crippen LogP contribution < -0.4 is 5.32 Å². The van der Waals surface area contributed by atoms with E-state index in [-0.39, 0.29) is 12.0 Å². The largest absolute Gasteiger partial charge is 0.522 e. The van der Waals surface area contributed by atoms with Crippen molar-refractivity contribution < 1.29 is 17.9 Å². The monoisotopic (exact) mass is 294 g/mol. The molecule has 1 saturated carbocycles. The molecule has 0 amide bonds. The van der Waals surface area contributed by atoms with Gasteiger partial charge in [-0.25, -0.2) is 0 Å². The highest BCUT2D eigenvalue weighted by atomic mass is 19.4.